The SMILES string of the molecule is Cc1ccc(S(=O)(=O)Oc2nc3c(ncn3[C@H]3C[C@H](O[Si](C)(C)C(C)(C)C)[C@@H](CO[Si](C)(C)C(C)(C)C)O3)c(=O)[nH]2)cc1. The van der Waals surface area contributed by atoms with Gasteiger partial charge < -0.3 is 17.8 Å². The lowest BCUT2D eigenvalue weighted by Gasteiger charge is -2.40. The molecule has 4 rings (SSSR count). The zero-order chi connectivity index (χ0) is 32.2. The molecular formula is C29H46N4O7SSi2. The highest BCUT2D eigenvalue weighted by Gasteiger charge is 2.47. The summed E-state index contributed by atoms with van der Waals surface area (Å²) in [5.41, 5.74) is 0.477. The first-order valence-corrected chi connectivity index (χ1v) is 21.8. The Morgan fingerprint density at radius 2 is 1.63 bits per heavy atom. The van der Waals surface area contributed by atoms with E-state index in [1.165, 1.54) is 18.5 Å². The first kappa shape index (κ1) is 33.5. The summed E-state index contributed by atoms with van der Waals surface area (Å²) in [6.45, 7) is 24.2. The Bertz CT molecular complexity index is 1620. The average Bonchev–Trinajstić information content (AvgIpc) is 3.45. The van der Waals surface area contributed by atoms with Crippen LogP contribution in [0.15, 0.2) is 40.3 Å². The van der Waals surface area contributed by atoms with Crippen molar-refractivity contribution in [2.75, 3.05) is 6.61 Å². The second-order valence-electron chi connectivity index (χ2n) is 14.4. The number of nitrogens with zero attached hydrogens (tertiary/aromatic N) is 3. The minimum atomic E-state index is -4.24. The normalized spacial score (nSPS) is 20.6. The van der Waals surface area contributed by atoms with E-state index in [1.807, 2.05) is 6.92 Å². The first-order valence-electron chi connectivity index (χ1n) is 14.6. The Hall–Kier alpha value is -2.37. The molecule has 3 heterocycles. The molecular weight excluding hydrogens is 605 g/mol. The van der Waals surface area contributed by atoms with Crippen molar-refractivity contribution in [2.45, 2.75) is 114 Å². The number of aromatic nitrogens is 4. The molecule has 43 heavy (non-hydrogen) atoms. The van der Waals surface area contributed by atoms with E-state index in [0.717, 1.165) is 5.56 Å². The number of hydrogen-bond donors (Lipinski definition) is 1. The number of imidazole rings is 1. The number of fused-ring (bicyclic) bond motifs is 1. The summed E-state index contributed by atoms with van der Waals surface area (Å²) in [7, 11) is -8.49. The quantitative estimate of drug-likeness (QED) is 0.222. The van der Waals surface area contributed by atoms with Gasteiger partial charge in [-0.1, -0.05) is 59.2 Å². The summed E-state index contributed by atoms with van der Waals surface area (Å²) in [6.07, 6.45) is 0.785. The van der Waals surface area contributed by atoms with Crippen LogP contribution in [0.1, 0.15) is 59.8 Å². The number of rotatable bonds is 9. The molecule has 1 aliphatic rings. The van der Waals surface area contributed by atoms with E-state index >= 15 is 0 Å². The number of H-pyrrole nitrogens is 1. The summed E-state index contributed by atoms with van der Waals surface area (Å²) in [5.74, 6) is 0. The third kappa shape index (κ3) is 7.15. The van der Waals surface area contributed by atoms with Gasteiger partial charge in [-0.15, -0.1) is 0 Å². The first-order chi connectivity index (χ1) is 19.6. The molecule has 3 atom stereocenters. The van der Waals surface area contributed by atoms with Gasteiger partial charge in [-0.05, 0) is 55.3 Å². The van der Waals surface area contributed by atoms with Crippen LogP contribution in [0.25, 0.3) is 11.2 Å². The fourth-order valence-corrected chi connectivity index (χ4v) is 7.45. The summed E-state index contributed by atoms with van der Waals surface area (Å²) < 4.78 is 52.7. The predicted octanol–water partition coefficient (Wildman–Crippen LogP) is 5.90. The second-order valence-corrected chi connectivity index (χ2v) is 25.5. The van der Waals surface area contributed by atoms with Crippen molar-refractivity contribution >= 4 is 37.9 Å². The van der Waals surface area contributed by atoms with Crippen molar-refractivity contribution in [1.82, 2.24) is 19.5 Å². The highest BCUT2D eigenvalue weighted by atomic mass is 32.2. The van der Waals surface area contributed by atoms with E-state index in [4.69, 9.17) is 17.8 Å². The smallest absolute Gasteiger partial charge is 0.341 e. The molecule has 11 nitrogen and oxygen atoms in total. The third-order valence-electron chi connectivity index (χ3n) is 9.07. The van der Waals surface area contributed by atoms with Crippen LogP contribution in [-0.2, 0) is 23.7 Å². The van der Waals surface area contributed by atoms with E-state index < -0.39 is 44.6 Å². The Kier molecular flexibility index (Phi) is 8.99. The minimum Gasteiger partial charge on any atom is -0.414 e. The molecule has 0 aliphatic carbocycles. The summed E-state index contributed by atoms with van der Waals surface area (Å²) in [5, 5.41) is 0.0171. The lowest BCUT2D eigenvalue weighted by atomic mass is 10.2. The number of ether oxygens (including phenoxy) is 1. The fraction of sp³-hybridized carbons (Fsp3) is 0.621. The zero-order valence-electron chi connectivity index (χ0n) is 27.1. The van der Waals surface area contributed by atoms with Crippen LogP contribution < -0.4 is 9.74 Å². The molecule has 0 saturated carbocycles. The number of aryl methyl sites for hydroxylation is 1. The van der Waals surface area contributed by atoms with Crippen molar-refractivity contribution < 1.29 is 26.2 Å². The van der Waals surface area contributed by atoms with Crippen molar-refractivity contribution in [2.24, 2.45) is 0 Å². The molecule has 0 radical (unpaired) electrons. The van der Waals surface area contributed by atoms with E-state index in [2.05, 4.69) is 82.7 Å². The van der Waals surface area contributed by atoms with Gasteiger partial charge in [-0.3, -0.25) is 14.3 Å². The van der Waals surface area contributed by atoms with Gasteiger partial charge in [0.2, 0.25) is 0 Å². The molecule has 1 aliphatic heterocycles. The van der Waals surface area contributed by atoms with Gasteiger partial charge in [0.1, 0.15) is 17.2 Å². The molecule has 0 unspecified atom stereocenters. The standard InChI is InChI=1S/C29H46N4O7SSi2/c1-19-12-14-20(15-13-19)41(35,36)39-27-31-25-24(26(34)32-27)30-18-33(25)23-16-21(40-43(10,11)29(5,6)7)22(38-23)17-37-42(8,9)28(2,3)4/h12-15,18,21-23H,16-17H2,1-11H3,(H,31,32,34)/t21-,22+,23+/m0/s1. The number of benzene rings is 1. The van der Waals surface area contributed by atoms with E-state index in [1.54, 1.807) is 16.7 Å². The van der Waals surface area contributed by atoms with E-state index in [9.17, 15) is 13.2 Å². The van der Waals surface area contributed by atoms with Gasteiger partial charge in [0.05, 0.1) is 19.0 Å². The Morgan fingerprint density at radius 3 is 2.21 bits per heavy atom. The van der Waals surface area contributed by atoms with E-state index in [-0.39, 0.29) is 38.3 Å². The molecule has 1 fully saturated rings. The van der Waals surface area contributed by atoms with Crippen molar-refractivity contribution in [3.63, 3.8) is 0 Å². The van der Waals surface area contributed by atoms with Crippen LogP contribution in [0, 0.1) is 6.92 Å². The Morgan fingerprint density at radius 1 is 1.02 bits per heavy atom. The van der Waals surface area contributed by atoms with Crippen LogP contribution in [-0.4, -0.2) is 63.4 Å². The maximum Gasteiger partial charge on any atom is 0.341 e. The topological polar surface area (TPSA) is 135 Å². The molecule has 14 heteroatoms. The van der Waals surface area contributed by atoms with E-state index in [0.29, 0.717) is 13.0 Å². The number of aromatic amines is 1. The highest BCUT2D eigenvalue weighted by molar-refractivity contribution is 7.87. The largest absolute Gasteiger partial charge is 0.414 e. The Balaban J connectivity index is 1.66. The molecule has 0 amide bonds. The summed E-state index contributed by atoms with van der Waals surface area (Å²) in [6, 6.07) is 5.74. The summed E-state index contributed by atoms with van der Waals surface area (Å²) in [4.78, 5) is 23.9. The lowest BCUT2D eigenvalue weighted by Crippen LogP contribution is -2.48. The Labute approximate surface area is 256 Å². The number of hydrogen-bond acceptors (Lipinski definition) is 9. The maximum atomic E-state index is 12.9. The van der Waals surface area contributed by atoms with Crippen LogP contribution in [0.2, 0.25) is 36.3 Å². The molecule has 0 spiro atoms. The average molecular weight is 651 g/mol. The molecule has 238 valence electrons. The highest BCUT2D eigenvalue weighted by Crippen LogP contribution is 2.42. The maximum absolute atomic E-state index is 12.9. The van der Waals surface area contributed by atoms with Crippen molar-refractivity contribution in [1.29, 1.82) is 0 Å². The fourth-order valence-electron chi connectivity index (χ4n) is 4.22. The third-order valence-corrected chi connectivity index (χ3v) is 19.3. The molecule has 0 bridgehead atoms. The van der Waals surface area contributed by atoms with Gasteiger partial charge in [-0.2, -0.15) is 13.4 Å². The molecule has 1 N–H and O–H groups in total. The molecule has 1 aromatic carbocycles. The second kappa shape index (κ2) is 11.5. The van der Waals surface area contributed by atoms with Gasteiger partial charge in [-0.25, -0.2) is 4.98 Å². The lowest BCUT2D eigenvalue weighted by molar-refractivity contribution is -0.0383. The molecule has 3 aromatic rings. The minimum absolute atomic E-state index is 0.0122. The zero-order valence-corrected chi connectivity index (χ0v) is 30.0. The van der Waals surface area contributed by atoms with Crippen LogP contribution in [0.5, 0.6) is 6.01 Å². The molecule has 2 aromatic heterocycles. The van der Waals surface area contributed by atoms with Gasteiger partial charge in [0, 0.05) is 6.42 Å². The van der Waals surface area contributed by atoms with Gasteiger partial charge in [0.15, 0.2) is 27.8 Å². The monoisotopic (exact) mass is 650 g/mol. The summed E-state index contributed by atoms with van der Waals surface area (Å²) >= 11 is 0. The molecule has 1 saturated heterocycles. The van der Waals surface area contributed by atoms with Crippen molar-refractivity contribution in [3.8, 4) is 6.01 Å². The van der Waals surface area contributed by atoms with Gasteiger partial charge >= 0.3 is 16.1 Å². The van der Waals surface area contributed by atoms with Crippen molar-refractivity contribution in [3.05, 3.63) is 46.5 Å². The van der Waals surface area contributed by atoms with Crippen LogP contribution in [0.4, 0.5) is 0 Å². The van der Waals surface area contributed by atoms with Gasteiger partial charge in [0.25, 0.3) is 5.56 Å². The predicted molar refractivity (Wildman–Crippen MR) is 171 cm³/mol. The van der Waals surface area contributed by atoms with Crippen LogP contribution in [0.3, 0.4) is 0 Å². The van der Waals surface area contributed by atoms with Crippen LogP contribution >= 0.6 is 0 Å². The number of nitrogens with one attached hydrogen (secondary N) is 1.